The minimum absolute atomic E-state index is 0. The number of pyridine rings is 1. The number of halogens is 1. The monoisotopic (exact) mass is 426 g/mol. The number of amides is 1. The maximum absolute atomic E-state index is 13.6. The second-order valence-electron chi connectivity index (χ2n) is 7.43. The van der Waals surface area contributed by atoms with Gasteiger partial charge in [-0.2, -0.15) is 5.10 Å². The second-order valence-corrected chi connectivity index (χ2v) is 7.43. The molecule has 0 aliphatic carbocycles. The van der Waals surface area contributed by atoms with Crippen LogP contribution in [0.2, 0.25) is 0 Å². The van der Waals surface area contributed by atoms with Gasteiger partial charge in [-0.15, -0.1) is 12.4 Å². The number of rotatable bonds is 5. The lowest BCUT2D eigenvalue weighted by Gasteiger charge is -2.31. The molecule has 1 aliphatic heterocycles. The van der Waals surface area contributed by atoms with E-state index in [1.54, 1.807) is 17.2 Å². The number of hydrogen-bond donors (Lipinski definition) is 1. The van der Waals surface area contributed by atoms with E-state index < -0.39 is 0 Å². The molecule has 3 heterocycles. The fraction of sp³-hybridized carbons (Fsp3) is 0.364. The largest absolute Gasteiger partial charge is 0.330 e. The normalized spacial score (nSPS) is 16.4. The van der Waals surface area contributed by atoms with Crippen molar-refractivity contribution in [2.24, 2.45) is 0 Å². The Morgan fingerprint density at radius 1 is 1.23 bits per heavy atom. The maximum Gasteiger partial charge on any atom is 0.254 e. The molecule has 0 saturated carbocycles. The van der Waals surface area contributed by atoms with E-state index in [4.69, 9.17) is 0 Å². The number of nitrogens with one attached hydrogen (secondary N) is 1. The van der Waals surface area contributed by atoms with Gasteiger partial charge in [0.05, 0.1) is 17.9 Å². The summed E-state index contributed by atoms with van der Waals surface area (Å²) in [5.74, 6) is 0.0517. The zero-order valence-electron chi connectivity index (χ0n) is 17.1. The predicted octanol–water partition coefficient (Wildman–Crippen LogP) is 3.18. The first-order chi connectivity index (χ1) is 14.2. The smallest absolute Gasteiger partial charge is 0.254 e. The molecule has 1 fully saturated rings. The molecule has 3 aromatic rings. The number of hydrogen-bond acceptors (Lipinski definition) is 5. The summed E-state index contributed by atoms with van der Waals surface area (Å²) in [6.45, 7) is 4.45. The van der Waals surface area contributed by atoms with Gasteiger partial charge in [0.25, 0.3) is 5.91 Å². The molecule has 1 unspecified atom stereocenters. The average molecular weight is 427 g/mol. The van der Waals surface area contributed by atoms with Crippen LogP contribution in [-0.2, 0) is 6.54 Å². The van der Waals surface area contributed by atoms with Gasteiger partial charge >= 0.3 is 0 Å². The van der Waals surface area contributed by atoms with E-state index >= 15 is 0 Å². The zero-order chi connectivity index (χ0) is 20.1. The summed E-state index contributed by atoms with van der Waals surface area (Å²) in [5.41, 5.74) is 3.52. The van der Waals surface area contributed by atoms with Gasteiger partial charge in [0.2, 0.25) is 0 Å². The highest BCUT2D eigenvalue weighted by atomic mass is 35.5. The van der Waals surface area contributed by atoms with E-state index in [2.05, 4.69) is 20.4 Å². The summed E-state index contributed by atoms with van der Waals surface area (Å²) >= 11 is 0. The van der Waals surface area contributed by atoms with Gasteiger partial charge in [0.1, 0.15) is 12.7 Å². The number of aromatic nitrogens is 4. The van der Waals surface area contributed by atoms with Crippen LogP contribution in [0.1, 0.15) is 40.9 Å². The number of carbonyl (C=O) groups is 1. The molecule has 8 heteroatoms. The van der Waals surface area contributed by atoms with Crippen molar-refractivity contribution in [3.05, 3.63) is 72.1 Å². The van der Waals surface area contributed by atoms with Gasteiger partial charge in [-0.3, -0.25) is 9.78 Å². The number of carbonyl (C=O) groups excluding carboxylic acids is 1. The van der Waals surface area contributed by atoms with Gasteiger partial charge in [0, 0.05) is 17.8 Å². The lowest BCUT2D eigenvalue weighted by molar-refractivity contribution is 0.0642. The van der Waals surface area contributed by atoms with E-state index in [0.29, 0.717) is 12.1 Å². The van der Waals surface area contributed by atoms with Crippen LogP contribution in [0.25, 0.3) is 5.69 Å². The lowest BCUT2D eigenvalue weighted by atomic mass is 10.0. The van der Waals surface area contributed by atoms with Crippen molar-refractivity contribution in [2.75, 3.05) is 13.1 Å². The Hall–Kier alpha value is -2.77. The van der Waals surface area contributed by atoms with Crippen molar-refractivity contribution < 1.29 is 4.79 Å². The van der Waals surface area contributed by atoms with Crippen LogP contribution in [0.3, 0.4) is 0 Å². The van der Waals surface area contributed by atoms with Crippen LogP contribution >= 0.6 is 12.4 Å². The van der Waals surface area contributed by atoms with Crippen molar-refractivity contribution in [2.45, 2.75) is 38.8 Å². The molecule has 7 nitrogen and oxygen atoms in total. The fourth-order valence-electron chi connectivity index (χ4n) is 3.89. The SMILES string of the molecule is Cc1cc(C(=O)N(Cc2ccccn2)C2CCCNCC2)ccc1-n1cncn1.Cl. The molecule has 1 saturated heterocycles. The van der Waals surface area contributed by atoms with Crippen molar-refractivity contribution in [1.82, 2.24) is 30.0 Å². The van der Waals surface area contributed by atoms with Crippen LogP contribution in [0.4, 0.5) is 0 Å². The Bertz CT molecular complexity index is 940. The van der Waals surface area contributed by atoms with Gasteiger partial charge in [-0.05, 0) is 75.2 Å². The second kappa shape index (κ2) is 10.3. The molecule has 1 N–H and O–H groups in total. The van der Waals surface area contributed by atoms with Crippen LogP contribution in [0.5, 0.6) is 0 Å². The first-order valence-corrected chi connectivity index (χ1v) is 10.1. The van der Waals surface area contributed by atoms with Gasteiger partial charge in [0.15, 0.2) is 0 Å². The third kappa shape index (κ3) is 5.04. The summed E-state index contributed by atoms with van der Waals surface area (Å²) in [4.78, 5) is 24.0. The summed E-state index contributed by atoms with van der Waals surface area (Å²) < 4.78 is 1.71. The molecule has 0 bridgehead atoms. The Balaban J connectivity index is 0.00000256. The number of nitrogens with zero attached hydrogens (tertiary/aromatic N) is 5. The molecule has 2 aromatic heterocycles. The van der Waals surface area contributed by atoms with Crippen molar-refractivity contribution >= 4 is 18.3 Å². The highest BCUT2D eigenvalue weighted by molar-refractivity contribution is 5.95. The standard InChI is InChI=1S/C22H26N6O.ClH/c1-17-13-18(7-8-21(17)28-16-24-15-26-28)22(29)27(14-19-5-2-3-11-25-19)20-6-4-10-23-12-9-20;/h2-3,5,7-8,11,13,15-16,20,23H,4,6,9-10,12,14H2,1H3;1H. The Labute approximate surface area is 182 Å². The number of benzene rings is 1. The van der Waals surface area contributed by atoms with Gasteiger partial charge < -0.3 is 10.2 Å². The Kier molecular flexibility index (Phi) is 7.54. The Morgan fingerprint density at radius 3 is 2.87 bits per heavy atom. The van der Waals surface area contributed by atoms with Crippen LogP contribution in [-0.4, -0.2) is 49.7 Å². The van der Waals surface area contributed by atoms with Gasteiger partial charge in [-0.1, -0.05) is 6.07 Å². The molecular formula is C22H27ClN6O. The van der Waals surface area contributed by atoms with Gasteiger partial charge in [-0.25, -0.2) is 9.67 Å². The predicted molar refractivity (Wildman–Crippen MR) is 118 cm³/mol. The van der Waals surface area contributed by atoms with Crippen LogP contribution in [0.15, 0.2) is 55.2 Å². The summed E-state index contributed by atoms with van der Waals surface area (Å²) in [6, 6.07) is 11.8. The molecule has 158 valence electrons. The zero-order valence-corrected chi connectivity index (χ0v) is 17.9. The van der Waals surface area contributed by atoms with Crippen LogP contribution < -0.4 is 5.32 Å². The minimum Gasteiger partial charge on any atom is -0.330 e. The maximum atomic E-state index is 13.6. The highest BCUT2D eigenvalue weighted by Gasteiger charge is 2.26. The van der Waals surface area contributed by atoms with Crippen molar-refractivity contribution in [1.29, 1.82) is 0 Å². The summed E-state index contributed by atoms with van der Waals surface area (Å²) in [6.07, 6.45) is 7.98. The van der Waals surface area contributed by atoms with Crippen LogP contribution in [0, 0.1) is 6.92 Å². The third-order valence-corrected chi connectivity index (χ3v) is 5.41. The molecule has 1 aliphatic rings. The van der Waals surface area contributed by atoms with Crippen molar-refractivity contribution in [3.63, 3.8) is 0 Å². The molecular weight excluding hydrogens is 400 g/mol. The highest BCUT2D eigenvalue weighted by Crippen LogP contribution is 2.22. The quantitative estimate of drug-likeness (QED) is 0.678. The number of aryl methyl sites for hydroxylation is 1. The topological polar surface area (TPSA) is 75.9 Å². The van der Waals surface area contributed by atoms with E-state index in [-0.39, 0.29) is 24.4 Å². The van der Waals surface area contributed by atoms with E-state index in [0.717, 1.165) is 49.3 Å². The van der Waals surface area contributed by atoms with Crippen molar-refractivity contribution in [3.8, 4) is 5.69 Å². The summed E-state index contributed by atoms with van der Waals surface area (Å²) in [7, 11) is 0. The molecule has 1 atom stereocenters. The minimum atomic E-state index is 0. The molecule has 0 radical (unpaired) electrons. The first-order valence-electron chi connectivity index (χ1n) is 10.1. The molecule has 1 amide bonds. The average Bonchev–Trinajstić information content (AvgIpc) is 3.14. The lowest BCUT2D eigenvalue weighted by Crippen LogP contribution is -2.40. The molecule has 30 heavy (non-hydrogen) atoms. The fourth-order valence-corrected chi connectivity index (χ4v) is 3.89. The van der Waals surface area contributed by atoms with E-state index in [1.165, 1.54) is 6.33 Å². The molecule has 1 aromatic carbocycles. The first kappa shape index (κ1) is 21.9. The Morgan fingerprint density at radius 2 is 2.13 bits per heavy atom. The van der Waals surface area contributed by atoms with E-state index in [9.17, 15) is 4.79 Å². The van der Waals surface area contributed by atoms with E-state index in [1.807, 2.05) is 48.2 Å². The molecule has 4 rings (SSSR count). The third-order valence-electron chi connectivity index (χ3n) is 5.41. The summed E-state index contributed by atoms with van der Waals surface area (Å²) in [5, 5.41) is 7.63. The molecule has 0 spiro atoms.